The number of hydrogen-bond acceptors (Lipinski definition) is 3. The van der Waals surface area contributed by atoms with Crippen molar-refractivity contribution in [2.75, 3.05) is 19.3 Å². The highest BCUT2D eigenvalue weighted by molar-refractivity contribution is 8.00. The van der Waals surface area contributed by atoms with Crippen molar-refractivity contribution >= 4 is 23.8 Å². The summed E-state index contributed by atoms with van der Waals surface area (Å²) in [6.07, 6.45) is 6.79. The fourth-order valence-electron chi connectivity index (χ4n) is 2.15. The lowest BCUT2D eigenvalue weighted by molar-refractivity contribution is -0.146. The predicted molar refractivity (Wildman–Crippen MR) is 77.5 cm³/mol. The third-order valence-electron chi connectivity index (χ3n) is 3.79. The molecule has 0 aliphatic heterocycles. The Balaban J connectivity index is 2.34. The van der Waals surface area contributed by atoms with Gasteiger partial charge in [0.15, 0.2) is 0 Å². The quantitative estimate of drug-likeness (QED) is 0.699. The van der Waals surface area contributed by atoms with Gasteiger partial charge >= 0.3 is 12.0 Å². The summed E-state index contributed by atoms with van der Waals surface area (Å²) in [5.41, 5.74) is -0.943. The lowest BCUT2D eigenvalue weighted by Crippen LogP contribution is -2.47. The average Bonchev–Trinajstić information content (AvgIpc) is 2.83. The fraction of sp³-hybridized carbons (Fsp3) is 0.846. The molecular formula is C13H24N2O3S. The molecule has 6 heteroatoms. The van der Waals surface area contributed by atoms with E-state index in [1.165, 1.54) is 12.8 Å². The second-order valence-electron chi connectivity index (χ2n) is 5.82. The van der Waals surface area contributed by atoms with Crippen LogP contribution in [0.4, 0.5) is 4.79 Å². The van der Waals surface area contributed by atoms with Crippen molar-refractivity contribution in [3.63, 3.8) is 0 Å². The summed E-state index contributed by atoms with van der Waals surface area (Å²) in [5, 5.41) is 14.5. The molecule has 0 aromatic rings. The molecule has 0 heterocycles. The van der Waals surface area contributed by atoms with Crippen LogP contribution in [-0.2, 0) is 4.79 Å². The van der Waals surface area contributed by atoms with Gasteiger partial charge in [0.2, 0.25) is 0 Å². The molecule has 2 amide bonds. The molecule has 110 valence electrons. The van der Waals surface area contributed by atoms with E-state index in [0.29, 0.717) is 6.54 Å². The number of carboxylic acid groups (broad SMARTS) is 1. The van der Waals surface area contributed by atoms with Crippen molar-refractivity contribution in [2.45, 2.75) is 44.3 Å². The number of aliphatic carboxylic acids is 1. The van der Waals surface area contributed by atoms with Crippen LogP contribution in [0.15, 0.2) is 0 Å². The van der Waals surface area contributed by atoms with Crippen LogP contribution >= 0.6 is 11.8 Å². The van der Waals surface area contributed by atoms with Crippen molar-refractivity contribution < 1.29 is 14.7 Å². The number of carboxylic acids is 1. The third-order valence-corrected chi connectivity index (χ3v) is 5.21. The number of carbonyl (C=O) groups excluding carboxylic acids is 1. The number of rotatable bonds is 6. The molecule has 1 aliphatic carbocycles. The summed E-state index contributed by atoms with van der Waals surface area (Å²) in [5.74, 6) is -0.913. The van der Waals surface area contributed by atoms with Gasteiger partial charge in [0.05, 0.1) is 5.41 Å². The van der Waals surface area contributed by atoms with E-state index in [9.17, 15) is 9.59 Å². The first-order valence-electron chi connectivity index (χ1n) is 6.62. The number of hydrogen-bond donors (Lipinski definition) is 3. The van der Waals surface area contributed by atoms with Gasteiger partial charge in [-0.2, -0.15) is 11.8 Å². The Morgan fingerprint density at radius 2 is 1.84 bits per heavy atom. The Bertz CT molecular complexity index is 339. The second kappa shape index (κ2) is 6.50. The SMILES string of the molecule is CSC1(CNC(=O)NCC(C)(C)C(=O)O)CCCC1. The van der Waals surface area contributed by atoms with E-state index in [1.54, 1.807) is 13.8 Å². The molecule has 0 spiro atoms. The Morgan fingerprint density at radius 1 is 1.26 bits per heavy atom. The van der Waals surface area contributed by atoms with Crippen LogP contribution in [0.2, 0.25) is 0 Å². The molecule has 1 aliphatic rings. The number of carbonyl (C=O) groups is 2. The van der Waals surface area contributed by atoms with E-state index in [1.807, 2.05) is 11.8 Å². The molecule has 0 radical (unpaired) electrons. The smallest absolute Gasteiger partial charge is 0.314 e. The zero-order valence-electron chi connectivity index (χ0n) is 11.9. The highest BCUT2D eigenvalue weighted by Gasteiger charge is 2.33. The van der Waals surface area contributed by atoms with Crippen molar-refractivity contribution in [3.05, 3.63) is 0 Å². The summed E-state index contributed by atoms with van der Waals surface area (Å²) in [4.78, 5) is 22.6. The average molecular weight is 288 g/mol. The van der Waals surface area contributed by atoms with Gasteiger partial charge in [-0.1, -0.05) is 12.8 Å². The van der Waals surface area contributed by atoms with Crippen LogP contribution < -0.4 is 10.6 Å². The van der Waals surface area contributed by atoms with E-state index < -0.39 is 11.4 Å². The van der Waals surface area contributed by atoms with Crippen LogP contribution in [-0.4, -0.2) is 41.2 Å². The fourth-order valence-corrected chi connectivity index (χ4v) is 3.07. The number of thioether (sulfide) groups is 1. The summed E-state index contributed by atoms with van der Waals surface area (Å²) in [6, 6.07) is -0.283. The van der Waals surface area contributed by atoms with Gasteiger partial charge in [-0.3, -0.25) is 4.79 Å². The number of amides is 2. The molecule has 5 nitrogen and oxygen atoms in total. The molecule has 0 atom stereocenters. The Hall–Kier alpha value is -0.910. The maximum atomic E-state index is 11.7. The minimum Gasteiger partial charge on any atom is -0.481 e. The lowest BCUT2D eigenvalue weighted by Gasteiger charge is -2.27. The minimum atomic E-state index is -0.943. The van der Waals surface area contributed by atoms with Crippen LogP contribution in [0.25, 0.3) is 0 Å². The molecule has 0 unspecified atom stereocenters. The first-order valence-corrected chi connectivity index (χ1v) is 7.84. The zero-order chi connectivity index (χ0) is 14.5. The van der Waals surface area contributed by atoms with Crippen LogP contribution in [0.1, 0.15) is 39.5 Å². The molecule has 1 saturated carbocycles. The Labute approximate surface area is 118 Å². The van der Waals surface area contributed by atoms with Gasteiger partial charge in [0.25, 0.3) is 0 Å². The van der Waals surface area contributed by atoms with Crippen molar-refractivity contribution in [1.29, 1.82) is 0 Å². The molecule has 0 aromatic carbocycles. The highest BCUT2D eigenvalue weighted by Crippen LogP contribution is 2.39. The molecule has 3 N–H and O–H groups in total. The largest absolute Gasteiger partial charge is 0.481 e. The molecule has 1 rings (SSSR count). The van der Waals surface area contributed by atoms with Gasteiger partial charge < -0.3 is 15.7 Å². The van der Waals surface area contributed by atoms with Gasteiger partial charge in [-0.05, 0) is 32.9 Å². The molecule has 0 saturated heterocycles. The van der Waals surface area contributed by atoms with E-state index in [4.69, 9.17) is 5.11 Å². The van der Waals surface area contributed by atoms with E-state index >= 15 is 0 Å². The van der Waals surface area contributed by atoms with Crippen molar-refractivity contribution in [1.82, 2.24) is 10.6 Å². The van der Waals surface area contributed by atoms with Gasteiger partial charge in [0, 0.05) is 17.8 Å². The van der Waals surface area contributed by atoms with Crippen molar-refractivity contribution in [3.8, 4) is 0 Å². The van der Waals surface area contributed by atoms with Gasteiger partial charge in [0.1, 0.15) is 0 Å². The zero-order valence-corrected chi connectivity index (χ0v) is 12.7. The normalized spacial score (nSPS) is 18.1. The Kier molecular flexibility index (Phi) is 5.52. The van der Waals surface area contributed by atoms with Crippen LogP contribution in [0, 0.1) is 5.41 Å². The van der Waals surface area contributed by atoms with Crippen LogP contribution in [0.3, 0.4) is 0 Å². The minimum absolute atomic E-state index is 0.125. The molecule has 0 bridgehead atoms. The molecule has 0 aromatic heterocycles. The Morgan fingerprint density at radius 3 is 2.32 bits per heavy atom. The first-order chi connectivity index (χ1) is 8.81. The maximum absolute atomic E-state index is 11.7. The van der Waals surface area contributed by atoms with Gasteiger partial charge in [-0.25, -0.2) is 4.79 Å². The standard InChI is InChI=1S/C13H24N2O3S/c1-12(2,10(16)17)8-14-11(18)15-9-13(19-3)6-4-5-7-13/h4-9H2,1-3H3,(H,16,17)(H2,14,15,18). The summed E-state index contributed by atoms with van der Waals surface area (Å²) in [7, 11) is 0. The number of nitrogens with one attached hydrogen (secondary N) is 2. The van der Waals surface area contributed by atoms with E-state index in [-0.39, 0.29) is 17.3 Å². The maximum Gasteiger partial charge on any atom is 0.314 e. The monoisotopic (exact) mass is 288 g/mol. The summed E-state index contributed by atoms with van der Waals surface area (Å²) >= 11 is 1.81. The predicted octanol–water partition coefficient (Wildman–Crippen LogP) is 2.07. The second-order valence-corrected chi connectivity index (χ2v) is 7.09. The van der Waals surface area contributed by atoms with E-state index in [0.717, 1.165) is 12.8 Å². The highest BCUT2D eigenvalue weighted by atomic mass is 32.2. The van der Waals surface area contributed by atoms with Gasteiger partial charge in [-0.15, -0.1) is 0 Å². The molecule has 19 heavy (non-hydrogen) atoms. The third kappa shape index (κ3) is 4.60. The van der Waals surface area contributed by atoms with E-state index in [2.05, 4.69) is 16.9 Å². The molecule has 1 fully saturated rings. The topological polar surface area (TPSA) is 78.4 Å². The first kappa shape index (κ1) is 16.1. The molecular weight excluding hydrogens is 264 g/mol. The lowest BCUT2D eigenvalue weighted by atomic mass is 9.94. The van der Waals surface area contributed by atoms with Crippen LogP contribution in [0.5, 0.6) is 0 Å². The summed E-state index contributed by atoms with van der Waals surface area (Å²) < 4.78 is 0.166. The number of urea groups is 1. The van der Waals surface area contributed by atoms with Crippen molar-refractivity contribution in [2.24, 2.45) is 5.41 Å². The summed E-state index contributed by atoms with van der Waals surface area (Å²) in [6.45, 7) is 3.96.